The van der Waals surface area contributed by atoms with Crippen LogP contribution in [0.3, 0.4) is 0 Å². The van der Waals surface area contributed by atoms with Crippen molar-refractivity contribution in [2.75, 3.05) is 11.1 Å². The number of rotatable bonds is 8. The van der Waals surface area contributed by atoms with Gasteiger partial charge in [0, 0.05) is 10.9 Å². The van der Waals surface area contributed by atoms with E-state index in [9.17, 15) is 0 Å². The maximum Gasteiger partial charge on any atom is 0.196 e. The molecule has 0 aliphatic heterocycles. The number of thiazole rings is 1. The number of nitrogens with one attached hydrogen (secondary N) is 1. The van der Waals surface area contributed by atoms with Crippen LogP contribution in [-0.4, -0.2) is 22.1 Å². The Balaban J connectivity index is 1.76. The van der Waals surface area contributed by atoms with Crippen molar-refractivity contribution in [3.05, 3.63) is 59.0 Å². The van der Waals surface area contributed by atoms with Crippen LogP contribution in [0.5, 0.6) is 11.5 Å². The van der Waals surface area contributed by atoms with Crippen LogP contribution >= 0.6 is 23.1 Å². The van der Waals surface area contributed by atoms with E-state index >= 15 is 0 Å². The first-order chi connectivity index (χ1) is 14.5. The molecule has 0 spiro atoms. The number of guanidine groups is 1. The summed E-state index contributed by atoms with van der Waals surface area (Å²) in [6.07, 6.45) is 1.12. The Bertz CT molecular complexity index is 1020. The molecule has 2 aromatic carbocycles. The number of aliphatic imine (C=N–C) groups is 1. The molecule has 0 radical (unpaired) electrons. The van der Waals surface area contributed by atoms with Gasteiger partial charge in [0.1, 0.15) is 11.5 Å². The lowest BCUT2D eigenvalue weighted by atomic mass is 10.1. The number of ether oxygens (including phenoxy) is 1. The molecule has 0 saturated heterocycles. The van der Waals surface area contributed by atoms with Gasteiger partial charge < -0.3 is 15.8 Å². The summed E-state index contributed by atoms with van der Waals surface area (Å²) in [4.78, 5) is 9.16. The molecule has 5 nitrogen and oxygen atoms in total. The largest absolute Gasteiger partial charge is 0.456 e. The molecule has 0 amide bonds. The molecule has 1 heterocycles. The van der Waals surface area contributed by atoms with Crippen LogP contribution in [0.25, 0.3) is 11.3 Å². The number of hydrogen-bond acceptors (Lipinski definition) is 5. The average Bonchev–Trinajstić information content (AvgIpc) is 3.17. The van der Waals surface area contributed by atoms with Crippen LogP contribution in [0.1, 0.15) is 31.4 Å². The van der Waals surface area contributed by atoms with Crippen LogP contribution in [0.15, 0.2) is 52.8 Å². The fourth-order valence-corrected chi connectivity index (χ4v) is 4.40. The monoisotopic (exact) mass is 440 g/mol. The van der Waals surface area contributed by atoms with Crippen LogP contribution in [0.2, 0.25) is 0 Å². The van der Waals surface area contributed by atoms with Crippen LogP contribution < -0.4 is 15.8 Å². The summed E-state index contributed by atoms with van der Waals surface area (Å²) >= 11 is 3.27. The van der Waals surface area contributed by atoms with Gasteiger partial charge in [-0.2, -0.15) is 0 Å². The molecule has 0 bridgehead atoms. The molecule has 0 fully saturated rings. The van der Waals surface area contributed by atoms with Crippen molar-refractivity contribution in [3.8, 4) is 22.8 Å². The highest BCUT2D eigenvalue weighted by Crippen LogP contribution is 2.35. The summed E-state index contributed by atoms with van der Waals surface area (Å²) in [7, 11) is 0. The fraction of sp³-hybridized carbons (Fsp3) is 0.304. The lowest BCUT2D eigenvalue weighted by Crippen LogP contribution is -2.23. The molecule has 30 heavy (non-hydrogen) atoms. The van der Waals surface area contributed by atoms with E-state index in [-0.39, 0.29) is 5.37 Å². The highest BCUT2D eigenvalue weighted by atomic mass is 32.2. The Morgan fingerprint density at radius 3 is 2.80 bits per heavy atom. The van der Waals surface area contributed by atoms with E-state index in [4.69, 9.17) is 10.5 Å². The van der Waals surface area contributed by atoms with Crippen molar-refractivity contribution in [2.45, 2.75) is 39.5 Å². The minimum atomic E-state index is 0.115. The molecule has 3 aromatic rings. The number of hydrogen-bond donors (Lipinski definition) is 2. The number of para-hydroxylation sites is 1. The smallest absolute Gasteiger partial charge is 0.196 e. The molecular weight excluding hydrogens is 412 g/mol. The average molecular weight is 441 g/mol. The van der Waals surface area contributed by atoms with Gasteiger partial charge in [0.15, 0.2) is 11.1 Å². The molecule has 3 N–H and O–H groups in total. The topological polar surface area (TPSA) is 72.5 Å². The van der Waals surface area contributed by atoms with Gasteiger partial charge in [0.05, 0.1) is 11.1 Å². The summed E-state index contributed by atoms with van der Waals surface area (Å²) in [5, 5.41) is 5.92. The third-order valence-electron chi connectivity index (χ3n) is 4.34. The number of nitrogens with zero attached hydrogens (tertiary/aromatic N) is 2. The molecule has 7 heteroatoms. The first kappa shape index (κ1) is 22.2. The van der Waals surface area contributed by atoms with Gasteiger partial charge in [-0.05, 0) is 56.7 Å². The summed E-state index contributed by atoms with van der Waals surface area (Å²) < 4.78 is 6.22. The number of thioether (sulfide) groups is 1. The van der Waals surface area contributed by atoms with Gasteiger partial charge >= 0.3 is 0 Å². The first-order valence-electron chi connectivity index (χ1n) is 9.98. The number of anilines is 1. The third-order valence-corrected chi connectivity index (χ3v) is 6.33. The van der Waals surface area contributed by atoms with Crippen molar-refractivity contribution in [3.63, 3.8) is 0 Å². The van der Waals surface area contributed by atoms with Crippen LogP contribution in [-0.2, 0) is 0 Å². The maximum atomic E-state index is 6.22. The van der Waals surface area contributed by atoms with Gasteiger partial charge in [-0.15, -0.1) is 23.1 Å². The standard InChI is InChI=1S/C23H28N4OS2/c1-5-12-29-17(4)25-22(24)27-23-26-19(14-30-23)18-8-6-7-9-21(18)28-20-11-10-15(2)13-16(20)3/h6-11,13-14,17H,5,12H2,1-4H3,(H3,24,25,26,27). The van der Waals surface area contributed by atoms with Crippen molar-refractivity contribution in [1.82, 2.24) is 4.98 Å². The number of nitrogens with two attached hydrogens (primary N) is 1. The Morgan fingerprint density at radius 2 is 2.03 bits per heavy atom. The predicted octanol–water partition coefficient (Wildman–Crippen LogP) is 6.44. The predicted molar refractivity (Wildman–Crippen MR) is 131 cm³/mol. The molecule has 1 atom stereocenters. The lowest BCUT2D eigenvalue weighted by molar-refractivity contribution is 0.480. The Labute approximate surface area is 186 Å². The molecular formula is C23H28N4OS2. The second kappa shape index (κ2) is 10.5. The van der Waals surface area contributed by atoms with Crippen molar-refractivity contribution in [1.29, 1.82) is 0 Å². The fourth-order valence-electron chi connectivity index (χ4n) is 2.92. The Morgan fingerprint density at radius 1 is 1.23 bits per heavy atom. The summed E-state index contributed by atoms with van der Waals surface area (Å²) in [6.45, 7) is 8.33. The molecule has 158 valence electrons. The maximum absolute atomic E-state index is 6.22. The zero-order chi connectivity index (χ0) is 21.5. The van der Waals surface area contributed by atoms with E-state index in [1.807, 2.05) is 42.6 Å². The second-order valence-electron chi connectivity index (χ2n) is 7.01. The quantitative estimate of drug-likeness (QED) is 0.312. The third kappa shape index (κ3) is 6.00. The van der Waals surface area contributed by atoms with Gasteiger partial charge in [0.2, 0.25) is 0 Å². The lowest BCUT2D eigenvalue weighted by Gasteiger charge is -2.12. The summed E-state index contributed by atoms with van der Waals surface area (Å²) in [5.41, 5.74) is 10.1. The van der Waals surface area contributed by atoms with Crippen LogP contribution in [0.4, 0.5) is 5.13 Å². The summed E-state index contributed by atoms with van der Waals surface area (Å²) in [6, 6.07) is 14.1. The van der Waals surface area contributed by atoms with E-state index in [0.29, 0.717) is 11.1 Å². The van der Waals surface area contributed by atoms with Gasteiger partial charge in [-0.25, -0.2) is 9.98 Å². The normalized spacial score (nSPS) is 12.6. The highest BCUT2D eigenvalue weighted by Gasteiger charge is 2.12. The van der Waals surface area contributed by atoms with Gasteiger partial charge in [-0.3, -0.25) is 0 Å². The van der Waals surface area contributed by atoms with E-state index in [0.717, 1.165) is 40.5 Å². The van der Waals surface area contributed by atoms with E-state index in [1.54, 1.807) is 11.8 Å². The first-order valence-corrected chi connectivity index (χ1v) is 11.9. The van der Waals surface area contributed by atoms with E-state index < -0.39 is 0 Å². The molecule has 1 unspecified atom stereocenters. The van der Waals surface area contributed by atoms with Crippen molar-refractivity contribution < 1.29 is 4.74 Å². The zero-order valence-electron chi connectivity index (χ0n) is 17.8. The van der Waals surface area contributed by atoms with Crippen LogP contribution in [0, 0.1) is 13.8 Å². The van der Waals surface area contributed by atoms with Crippen molar-refractivity contribution in [2.24, 2.45) is 10.7 Å². The Kier molecular flexibility index (Phi) is 7.76. The second-order valence-corrected chi connectivity index (χ2v) is 9.30. The Hall–Kier alpha value is -2.51. The summed E-state index contributed by atoms with van der Waals surface area (Å²) in [5.74, 6) is 3.06. The minimum absolute atomic E-state index is 0.115. The molecule has 0 aliphatic rings. The van der Waals surface area contributed by atoms with E-state index in [2.05, 4.69) is 48.2 Å². The number of aryl methyl sites for hydroxylation is 2. The zero-order valence-corrected chi connectivity index (χ0v) is 19.4. The molecule has 1 aromatic heterocycles. The molecule has 3 rings (SSSR count). The van der Waals surface area contributed by atoms with E-state index in [1.165, 1.54) is 16.9 Å². The number of aromatic nitrogens is 1. The highest BCUT2D eigenvalue weighted by molar-refractivity contribution is 7.99. The number of benzene rings is 2. The van der Waals surface area contributed by atoms with Gasteiger partial charge in [-0.1, -0.05) is 36.8 Å². The SMILES string of the molecule is CCCSC(C)/N=C(\N)Nc1nc(-c2ccccc2Oc2ccc(C)cc2C)cs1. The van der Waals surface area contributed by atoms with Crippen molar-refractivity contribution >= 4 is 34.2 Å². The molecule has 0 aliphatic carbocycles. The van der Waals surface area contributed by atoms with Gasteiger partial charge in [0.25, 0.3) is 0 Å². The minimum Gasteiger partial charge on any atom is -0.456 e. The molecule has 0 saturated carbocycles.